The van der Waals surface area contributed by atoms with Crippen LogP contribution < -0.4 is 0 Å². The molecule has 13 rings (SSSR count). The van der Waals surface area contributed by atoms with E-state index in [-0.39, 0.29) is 0 Å². The zero-order valence-corrected chi connectivity index (χ0v) is 34.5. The van der Waals surface area contributed by atoms with Crippen molar-refractivity contribution in [1.82, 2.24) is 19.5 Å². The smallest absolute Gasteiger partial charge is 0.160 e. The predicted octanol–water partition coefficient (Wildman–Crippen LogP) is 15.5. The quantitative estimate of drug-likeness (QED) is 0.157. The van der Waals surface area contributed by atoms with Crippen molar-refractivity contribution in [2.24, 2.45) is 0 Å². The number of hydrogen-bond acceptors (Lipinski definition) is 4. The van der Waals surface area contributed by atoms with E-state index in [4.69, 9.17) is 19.4 Å². The van der Waals surface area contributed by atoms with Crippen LogP contribution in [0.1, 0.15) is 0 Å². The Morgan fingerprint density at radius 3 is 1.69 bits per heavy atom. The van der Waals surface area contributed by atoms with Crippen LogP contribution in [-0.4, -0.2) is 19.5 Å². The first kappa shape index (κ1) is 36.0. The molecule has 0 aliphatic rings. The molecule has 9 aromatic carbocycles. The molecule has 0 bridgehead atoms. The topological polar surface area (TPSA) is 56.7 Å². The van der Waals surface area contributed by atoms with Crippen molar-refractivity contribution < 1.29 is 4.42 Å². The highest BCUT2D eigenvalue weighted by Crippen LogP contribution is 2.47. The third-order valence-corrected chi connectivity index (χ3v) is 12.6. The van der Waals surface area contributed by atoms with E-state index in [9.17, 15) is 0 Å². The lowest BCUT2D eigenvalue weighted by Crippen LogP contribution is -1.98. The van der Waals surface area contributed by atoms with Crippen LogP contribution in [0.2, 0.25) is 0 Å². The fourth-order valence-corrected chi connectivity index (χ4v) is 9.72. The van der Waals surface area contributed by atoms with Gasteiger partial charge in [0.05, 0.1) is 33.6 Å². The number of para-hydroxylation sites is 4. The number of hydrogen-bond donors (Lipinski definition) is 0. The lowest BCUT2D eigenvalue weighted by Gasteiger charge is -2.16. The van der Waals surface area contributed by atoms with E-state index in [1.165, 1.54) is 21.8 Å². The monoisotopic (exact) mass is 816 g/mol. The lowest BCUT2D eigenvalue weighted by molar-refractivity contribution is 0.669. The number of furan rings is 1. The first-order chi connectivity index (χ1) is 31.7. The molecule has 4 aromatic heterocycles. The molecule has 0 atom stereocenters. The van der Waals surface area contributed by atoms with Crippen LogP contribution in [0.3, 0.4) is 0 Å². The van der Waals surface area contributed by atoms with Gasteiger partial charge < -0.3 is 8.98 Å². The summed E-state index contributed by atoms with van der Waals surface area (Å²) >= 11 is 0. The van der Waals surface area contributed by atoms with Crippen LogP contribution in [0.25, 0.3) is 127 Å². The van der Waals surface area contributed by atoms with Gasteiger partial charge in [0.25, 0.3) is 0 Å². The molecular formula is C59H36N4O. The molecule has 0 amide bonds. The second kappa shape index (κ2) is 14.5. The van der Waals surface area contributed by atoms with Crippen LogP contribution >= 0.6 is 0 Å². The minimum Gasteiger partial charge on any atom is -0.456 e. The molecule has 0 N–H and O–H groups in total. The molecule has 5 heteroatoms. The zero-order valence-electron chi connectivity index (χ0n) is 34.5. The van der Waals surface area contributed by atoms with Crippen LogP contribution in [0.5, 0.6) is 0 Å². The Hall–Kier alpha value is -8.67. The van der Waals surface area contributed by atoms with E-state index in [0.29, 0.717) is 5.82 Å². The van der Waals surface area contributed by atoms with Gasteiger partial charge in [-0.2, -0.15) is 0 Å². The van der Waals surface area contributed by atoms with Gasteiger partial charge in [-0.05, 0) is 60.2 Å². The number of pyridine rings is 1. The van der Waals surface area contributed by atoms with E-state index < -0.39 is 0 Å². The fraction of sp³-hybridized carbons (Fsp3) is 0. The van der Waals surface area contributed by atoms with Crippen molar-refractivity contribution in [2.45, 2.75) is 0 Å². The van der Waals surface area contributed by atoms with Gasteiger partial charge in [0.1, 0.15) is 11.2 Å². The Morgan fingerprint density at radius 2 is 0.922 bits per heavy atom. The van der Waals surface area contributed by atoms with Crippen LogP contribution in [0, 0.1) is 0 Å². The molecule has 0 fully saturated rings. The van der Waals surface area contributed by atoms with Crippen molar-refractivity contribution in [3.63, 3.8) is 0 Å². The maximum atomic E-state index is 6.70. The molecular weight excluding hydrogens is 781 g/mol. The summed E-state index contributed by atoms with van der Waals surface area (Å²) in [6.45, 7) is 0. The standard InChI is InChI=1S/C59H36N4O/c1-3-17-37(18-4-1)49-36-50(39-21-16-24-42(34-39)63-51-30-12-8-25-43(51)44-26-9-13-31-52(44)63)62-59(61-49)41-23-15-22-40(33-41)55-56-45-27-7-11-29-48(45)60-58(38-19-5-2-6-20-38)47(56)35-54-57(55)46-28-10-14-32-53(46)64-54/h1-36H. The Balaban J connectivity index is 1.05. The van der Waals surface area contributed by atoms with Crippen LogP contribution in [0.4, 0.5) is 0 Å². The molecule has 0 spiro atoms. The molecule has 5 nitrogen and oxygen atoms in total. The minimum atomic E-state index is 0.644. The molecule has 0 saturated carbocycles. The highest BCUT2D eigenvalue weighted by molar-refractivity contribution is 6.28. The van der Waals surface area contributed by atoms with Gasteiger partial charge in [-0.15, -0.1) is 0 Å². The van der Waals surface area contributed by atoms with E-state index in [2.05, 4.69) is 205 Å². The SMILES string of the molecule is c1ccc(-c2cc(-c3cccc(-n4c5ccccc5c5ccccc54)c3)nc(-c3cccc(-c4c5c(cc6c(-c7ccccc7)nc7ccccc7c46)oc4ccccc45)c3)n2)cc1. The molecule has 13 aromatic rings. The number of fused-ring (bicyclic) bond motifs is 9. The first-order valence-corrected chi connectivity index (χ1v) is 21.6. The molecule has 0 saturated heterocycles. The highest BCUT2D eigenvalue weighted by atomic mass is 16.3. The third kappa shape index (κ3) is 5.75. The van der Waals surface area contributed by atoms with Gasteiger partial charge in [-0.1, -0.05) is 164 Å². The third-order valence-electron chi connectivity index (χ3n) is 12.6. The normalized spacial score (nSPS) is 11.8. The van der Waals surface area contributed by atoms with Crippen molar-refractivity contribution in [3.05, 3.63) is 218 Å². The van der Waals surface area contributed by atoms with E-state index in [0.717, 1.165) is 99.8 Å². The van der Waals surface area contributed by atoms with Crippen molar-refractivity contribution >= 4 is 65.4 Å². The molecule has 0 unspecified atom stereocenters. The van der Waals surface area contributed by atoms with Gasteiger partial charge in [0, 0.05) is 71.2 Å². The first-order valence-electron chi connectivity index (χ1n) is 21.6. The van der Waals surface area contributed by atoms with Crippen molar-refractivity contribution in [3.8, 4) is 62.0 Å². The largest absolute Gasteiger partial charge is 0.456 e. The zero-order chi connectivity index (χ0) is 42.1. The Morgan fingerprint density at radius 1 is 0.344 bits per heavy atom. The predicted molar refractivity (Wildman–Crippen MR) is 264 cm³/mol. The van der Waals surface area contributed by atoms with E-state index >= 15 is 0 Å². The summed E-state index contributed by atoms with van der Waals surface area (Å²) in [5, 5.41) is 7.83. The number of nitrogens with zero attached hydrogens (tertiary/aromatic N) is 4. The molecule has 0 aliphatic carbocycles. The second-order valence-corrected chi connectivity index (χ2v) is 16.3. The summed E-state index contributed by atoms with van der Waals surface area (Å²) in [6.07, 6.45) is 0. The molecule has 298 valence electrons. The molecule has 0 radical (unpaired) electrons. The Bertz CT molecular complexity index is 3910. The average molecular weight is 817 g/mol. The van der Waals surface area contributed by atoms with Crippen molar-refractivity contribution in [1.29, 1.82) is 0 Å². The highest BCUT2D eigenvalue weighted by Gasteiger charge is 2.23. The summed E-state index contributed by atoms with van der Waals surface area (Å²) in [5.41, 5.74) is 14.7. The Labute approximate surface area is 368 Å². The summed E-state index contributed by atoms with van der Waals surface area (Å²) in [5.74, 6) is 0.644. The summed E-state index contributed by atoms with van der Waals surface area (Å²) in [7, 11) is 0. The van der Waals surface area contributed by atoms with Gasteiger partial charge >= 0.3 is 0 Å². The number of rotatable bonds is 6. The number of aromatic nitrogens is 4. The molecule has 4 heterocycles. The maximum Gasteiger partial charge on any atom is 0.160 e. The van der Waals surface area contributed by atoms with Crippen molar-refractivity contribution in [2.75, 3.05) is 0 Å². The molecule has 0 aliphatic heterocycles. The van der Waals surface area contributed by atoms with Gasteiger partial charge in [-0.3, -0.25) is 0 Å². The summed E-state index contributed by atoms with van der Waals surface area (Å²) < 4.78 is 9.05. The van der Waals surface area contributed by atoms with Gasteiger partial charge in [0.2, 0.25) is 0 Å². The number of benzene rings is 9. The second-order valence-electron chi connectivity index (χ2n) is 16.3. The lowest BCUT2D eigenvalue weighted by atomic mass is 9.89. The van der Waals surface area contributed by atoms with Crippen LogP contribution in [-0.2, 0) is 0 Å². The molecule has 64 heavy (non-hydrogen) atoms. The summed E-state index contributed by atoms with van der Waals surface area (Å²) in [6, 6.07) is 76.6. The van der Waals surface area contributed by atoms with Crippen LogP contribution in [0.15, 0.2) is 223 Å². The van der Waals surface area contributed by atoms with Gasteiger partial charge in [0.15, 0.2) is 5.82 Å². The average Bonchev–Trinajstić information content (AvgIpc) is 3.91. The summed E-state index contributed by atoms with van der Waals surface area (Å²) in [4.78, 5) is 16.0. The minimum absolute atomic E-state index is 0.644. The Kier molecular flexibility index (Phi) is 8.15. The van der Waals surface area contributed by atoms with E-state index in [1.54, 1.807) is 0 Å². The van der Waals surface area contributed by atoms with Gasteiger partial charge in [-0.25, -0.2) is 15.0 Å². The maximum absolute atomic E-state index is 6.70. The van der Waals surface area contributed by atoms with E-state index in [1.807, 2.05) is 18.2 Å². The fourth-order valence-electron chi connectivity index (χ4n) is 9.72.